The number of pyridine rings is 1. The van der Waals surface area contributed by atoms with Crippen molar-refractivity contribution in [2.24, 2.45) is 5.73 Å². The van der Waals surface area contributed by atoms with Gasteiger partial charge in [0.1, 0.15) is 10.8 Å². The molecule has 0 aliphatic heterocycles. The first kappa shape index (κ1) is 15.3. The molecule has 5 nitrogen and oxygen atoms in total. The van der Waals surface area contributed by atoms with E-state index >= 15 is 0 Å². The van der Waals surface area contributed by atoms with Gasteiger partial charge in [0.05, 0.1) is 6.04 Å². The maximum absolute atomic E-state index is 12.2. The van der Waals surface area contributed by atoms with E-state index < -0.39 is 6.04 Å². The summed E-state index contributed by atoms with van der Waals surface area (Å²) in [6, 6.07) is 12.9. The third-order valence-electron chi connectivity index (χ3n) is 3.32. The Morgan fingerprint density at radius 2 is 1.91 bits per heavy atom. The summed E-state index contributed by atoms with van der Waals surface area (Å²) in [6.07, 6.45) is 3.92. The third-order valence-corrected chi connectivity index (χ3v) is 4.21. The summed E-state index contributed by atoms with van der Waals surface area (Å²) in [5.74, 6) is 0.288. The van der Waals surface area contributed by atoms with E-state index in [9.17, 15) is 4.79 Å². The molecule has 1 atom stereocenters. The Balaban J connectivity index is 1.63. The summed E-state index contributed by atoms with van der Waals surface area (Å²) in [5, 5.41) is 5.41. The molecule has 2 aromatic heterocycles. The Hall–Kier alpha value is -2.57. The van der Waals surface area contributed by atoms with Gasteiger partial charge < -0.3 is 11.1 Å². The van der Waals surface area contributed by atoms with Crippen LogP contribution in [0.2, 0.25) is 0 Å². The van der Waals surface area contributed by atoms with E-state index in [1.807, 2.05) is 47.8 Å². The molecule has 6 heteroatoms. The average molecular weight is 324 g/mol. The van der Waals surface area contributed by atoms with Gasteiger partial charge in [-0.05, 0) is 24.1 Å². The minimum absolute atomic E-state index is 0.236. The molecular formula is C17H16N4OS. The predicted octanol–water partition coefficient (Wildman–Crippen LogP) is 2.71. The molecule has 0 spiro atoms. The number of aromatic nitrogens is 2. The summed E-state index contributed by atoms with van der Waals surface area (Å²) >= 11 is 1.47. The molecule has 0 unspecified atom stereocenters. The van der Waals surface area contributed by atoms with Crippen molar-refractivity contribution in [3.8, 4) is 10.6 Å². The van der Waals surface area contributed by atoms with Crippen molar-refractivity contribution in [2.75, 3.05) is 5.32 Å². The van der Waals surface area contributed by atoms with Crippen LogP contribution in [0.15, 0.2) is 60.2 Å². The van der Waals surface area contributed by atoms with E-state index in [2.05, 4.69) is 15.3 Å². The second kappa shape index (κ2) is 7.13. The number of nitrogens with two attached hydrogens (primary N) is 1. The molecule has 0 bridgehead atoms. The molecule has 116 valence electrons. The highest BCUT2D eigenvalue weighted by Crippen LogP contribution is 2.25. The molecule has 0 saturated carbocycles. The van der Waals surface area contributed by atoms with E-state index in [4.69, 9.17) is 5.73 Å². The van der Waals surface area contributed by atoms with Crippen LogP contribution in [-0.2, 0) is 11.2 Å². The van der Waals surface area contributed by atoms with E-state index in [1.54, 1.807) is 12.4 Å². The van der Waals surface area contributed by atoms with Crippen LogP contribution in [0.4, 0.5) is 5.82 Å². The second-order valence-electron chi connectivity index (χ2n) is 5.06. The van der Waals surface area contributed by atoms with Gasteiger partial charge in [0.15, 0.2) is 0 Å². The van der Waals surface area contributed by atoms with Crippen molar-refractivity contribution >= 4 is 23.1 Å². The lowest BCUT2D eigenvalue weighted by Crippen LogP contribution is -2.37. The zero-order valence-electron chi connectivity index (χ0n) is 12.3. The Morgan fingerprint density at radius 1 is 1.17 bits per heavy atom. The topological polar surface area (TPSA) is 80.9 Å². The van der Waals surface area contributed by atoms with Crippen LogP contribution < -0.4 is 11.1 Å². The van der Waals surface area contributed by atoms with Crippen LogP contribution in [0, 0.1) is 0 Å². The monoisotopic (exact) mass is 324 g/mol. The summed E-state index contributed by atoms with van der Waals surface area (Å²) in [4.78, 5) is 20.6. The highest BCUT2D eigenvalue weighted by atomic mass is 32.1. The van der Waals surface area contributed by atoms with Crippen molar-refractivity contribution in [1.82, 2.24) is 9.97 Å². The lowest BCUT2D eigenvalue weighted by atomic mass is 10.1. The van der Waals surface area contributed by atoms with E-state index in [-0.39, 0.29) is 5.91 Å². The Labute approximate surface area is 138 Å². The van der Waals surface area contributed by atoms with Crippen LogP contribution in [0.5, 0.6) is 0 Å². The summed E-state index contributed by atoms with van der Waals surface area (Å²) in [5.41, 5.74) is 7.97. The van der Waals surface area contributed by atoms with Crippen LogP contribution in [-0.4, -0.2) is 21.9 Å². The Bertz CT molecular complexity index is 774. The first-order valence-corrected chi connectivity index (χ1v) is 8.06. The van der Waals surface area contributed by atoms with Gasteiger partial charge in [0.25, 0.3) is 0 Å². The Kier molecular flexibility index (Phi) is 4.75. The summed E-state index contributed by atoms with van der Waals surface area (Å²) < 4.78 is 0. The fraction of sp³-hybridized carbons (Fsp3) is 0.118. The van der Waals surface area contributed by atoms with Crippen molar-refractivity contribution in [3.05, 3.63) is 65.8 Å². The molecular weight excluding hydrogens is 308 g/mol. The van der Waals surface area contributed by atoms with Crippen LogP contribution in [0.3, 0.4) is 0 Å². The molecule has 0 aliphatic rings. The van der Waals surface area contributed by atoms with Gasteiger partial charge in [-0.25, -0.2) is 4.98 Å². The standard InChI is InChI=1S/C17H16N4OS/c18-14(10-12-4-2-1-3-5-12)16(22)20-15-11-23-17(21-15)13-6-8-19-9-7-13/h1-9,11,14H,10,18H2,(H,20,22)/t14-/m0/s1. The van der Waals surface area contributed by atoms with Crippen LogP contribution in [0.25, 0.3) is 10.6 Å². The minimum atomic E-state index is -0.608. The number of hydrogen-bond donors (Lipinski definition) is 2. The van der Waals surface area contributed by atoms with Crippen molar-refractivity contribution in [1.29, 1.82) is 0 Å². The van der Waals surface area contributed by atoms with Crippen LogP contribution >= 0.6 is 11.3 Å². The number of benzene rings is 1. The second-order valence-corrected chi connectivity index (χ2v) is 5.92. The van der Waals surface area contributed by atoms with Gasteiger partial charge >= 0.3 is 0 Å². The van der Waals surface area contributed by atoms with Gasteiger partial charge in [0.2, 0.25) is 5.91 Å². The molecule has 0 saturated heterocycles. The number of anilines is 1. The fourth-order valence-electron chi connectivity index (χ4n) is 2.14. The van der Waals surface area contributed by atoms with Crippen molar-refractivity contribution in [2.45, 2.75) is 12.5 Å². The SMILES string of the molecule is N[C@@H](Cc1ccccc1)C(=O)Nc1csc(-c2ccncc2)n1. The van der Waals surface area contributed by atoms with Crippen LogP contribution in [0.1, 0.15) is 5.56 Å². The number of carbonyl (C=O) groups excluding carboxylic acids is 1. The van der Waals surface area contributed by atoms with Gasteiger partial charge in [0, 0.05) is 23.3 Å². The smallest absolute Gasteiger partial charge is 0.242 e. The number of thiazole rings is 1. The number of carbonyl (C=O) groups is 1. The largest absolute Gasteiger partial charge is 0.320 e. The number of hydrogen-bond acceptors (Lipinski definition) is 5. The first-order chi connectivity index (χ1) is 11.2. The summed E-state index contributed by atoms with van der Waals surface area (Å²) in [6.45, 7) is 0. The molecule has 3 aromatic rings. The van der Waals surface area contributed by atoms with Gasteiger partial charge in [-0.1, -0.05) is 30.3 Å². The fourth-order valence-corrected chi connectivity index (χ4v) is 2.90. The molecule has 0 radical (unpaired) electrons. The number of amides is 1. The zero-order valence-corrected chi connectivity index (χ0v) is 13.2. The van der Waals surface area contributed by atoms with E-state index in [0.29, 0.717) is 12.2 Å². The van der Waals surface area contributed by atoms with Crippen molar-refractivity contribution in [3.63, 3.8) is 0 Å². The van der Waals surface area contributed by atoms with E-state index in [0.717, 1.165) is 16.1 Å². The molecule has 3 rings (SSSR count). The highest BCUT2D eigenvalue weighted by Gasteiger charge is 2.15. The molecule has 0 fully saturated rings. The maximum atomic E-state index is 12.2. The van der Waals surface area contributed by atoms with Crippen molar-refractivity contribution < 1.29 is 4.79 Å². The molecule has 1 aromatic carbocycles. The number of nitrogens with zero attached hydrogens (tertiary/aromatic N) is 2. The third kappa shape index (κ3) is 4.00. The Morgan fingerprint density at radius 3 is 2.65 bits per heavy atom. The van der Waals surface area contributed by atoms with Gasteiger partial charge in [-0.3, -0.25) is 9.78 Å². The molecule has 3 N–H and O–H groups in total. The highest BCUT2D eigenvalue weighted by molar-refractivity contribution is 7.13. The maximum Gasteiger partial charge on any atom is 0.242 e. The first-order valence-electron chi connectivity index (χ1n) is 7.18. The minimum Gasteiger partial charge on any atom is -0.320 e. The quantitative estimate of drug-likeness (QED) is 0.756. The van der Waals surface area contributed by atoms with E-state index in [1.165, 1.54) is 11.3 Å². The number of nitrogens with one attached hydrogen (secondary N) is 1. The lowest BCUT2D eigenvalue weighted by Gasteiger charge is -2.10. The zero-order chi connectivity index (χ0) is 16.1. The normalized spacial score (nSPS) is 11.9. The van der Waals surface area contributed by atoms with Gasteiger partial charge in [-0.2, -0.15) is 0 Å². The predicted molar refractivity (Wildman–Crippen MR) is 92.1 cm³/mol. The molecule has 1 amide bonds. The van der Waals surface area contributed by atoms with Gasteiger partial charge in [-0.15, -0.1) is 11.3 Å². The average Bonchev–Trinajstić information content (AvgIpc) is 3.05. The lowest BCUT2D eigenvalue weighted by molar-refractivity contribution is -0.117. The number of rotatable bonds is 5. The molecule has 23 heavy (non-hydrogen) atoms. The molecule has 2 heterocycles. The summed E-state index contributed by atoms with van der Waals surface area (Å²) in [7, 11) is 0. The molecule has 0 aliphatic carbocycles.